The summed E-state index contributed by atoms with van der Waals surface area (Å²) in [5.41, 5.74) is 7.96. The molecule has 0 aliphatic carbocycles. The molecule has 3 N–H and O–H groups in total. The summed E-state index contributed by atoms with van der Waals surface area (Å²) in [6, 6.07) is 1.99. The zero-order valence-electron chi connectivity index (χ0n) is 11.0. The number of nitrogen functional groups attached to an aromatic ring is 1. The number of ether oxygens (including phenoxy) is 2. The lowest BCUT2D eigenvalue weighted by molar-refractivity contribution is 0.150. The number of nitrogens with two attached hydrogens (primary N) is 1. The van der Waals surface area contributed by atoms with Crippen molar-refractivity contribution in [2.45, 2.75) is 19.4 Å². The van der Waals surface area contributed by atoms with Gasteiger partial charge in [0.15, 0.2) is 5.15 Å². The van der Waals surface area contributed by atoms with Crippen LogP contribution >= 0.6 is 11.6 Å². The van der Waals surface area contributed by atoms with Gasteiger partial charge in [-0.3, -0.25) is 0 Å². The first-order valence-corrected chi connectivity index (χ1v) is 6.13. The Morgan fingerprint density at radius 3 is 2.78 bits per heavy atom. The highest BCUT2D eigenvalue weighted by atomic mass is 35.5. The molecule has 1 atom stereocenters. The summed E-state index contributed by atoms with van der Waals surface area (Å²) in [5.74, 6) is 0. The van der Waals surface area contributed by atoms with E-state index < -0.39 is 0 Å². The van der Waals surface area contributed by atoms with E-state index in [2.05, 4.69) is 10.3 Å². The number of pyridine rings is 1. The van der Waals surface area contributed by atoms with Gasteiger partial charge in [-0.2, -0.15) is 0 Å². The monoisotopic (exact) mass is 273 g/mol. The number of rotatable bonds is 7. The van der Waals surface area contributed by atoms with Crippen LogP contribution in [0.3, 0.4) is 0 Å². The minimum Gasteiger partial charge on any atom is -0.395 e. The van der Waals surface area contributed by atoms with E-state index in [1.807, 2.05) is 13.0 Å². The molecule has 1 aromatic rings. The molecule has 0 fully saturated rings. The van der Waals surface area contributed by atoms with Crippen LogP contribution < -0.4 is 11.1 Å². The average Bonchev–Trinajstić information content (AvgIpc) is 2.32. The highest BCUT2D eigenvalue weighted by Gasteiger charge is 2.12. The maximum atomic E-state index is 5.95. The Morgan fingerprint density at radius 2 is 2.17 bits per heavy atom. The molecule has 0 spiro atoms. The molecule has 0 amide bonds. The first-order valence-electron chi connectivity index (χ1n) is 5.75. The Bertz CT molecular complexity index is 388. The lowest BCUT2D eigenvalue weighted by Crippen LogP contribution is -2.27. The average molecular weight is 274 g/mol. The largest absolute Gasteiger partial charge is 0.395 e. The van der Waals surface area contributed by atoms with Crippen LogP contribution in [-0.4, -0.2) is 38.5 Å². The third kappa shape index (κ3) is 4.33. The molecule has 0 aliphatic rings. The third-order valence-corrected chi connectivity index (χ3v) is 2.83. The lowest BCUT2D eigenvalue weighted by Gasteiger charge is -2.20. The molecule has 18 heavy (non-hydrogen) atoms. The lowest BCUT2D eigenvalue weighted by atomic mass is 10.2. The zero-order valence-corrected chi connectivity index (χ0v) is 11.8. The van der Waals surface area contributed by atoms with Crippen molar-refractivity contribution in [3.05, 3.63) is 16.9 Å². The molecule has 1 rings (SSSR count). The van der Waals surface area contributed by atoms with E-state index in [9.17, 15) is 0 Å². The summed E-state index contributed by atoms with van der Waals surface area (Å²) in [6.45, 7) is 3.09. The Balaban J connectivity index is 2.79. The molecular formula is C12H20ClN3O2. The van der Waals surface area contributed by atoms with Gasteiger partial charge in [0.05, 0.1) is 24.0 Å². The molecule has 1 aromatic heterocycles. The second-order valence-electron chi connectivity index (χ2n) is 4.09. The van der Waals surface area contributed by atoms with Crippen LogP contribution in [0, 0.1) is 6.92 Å². The fraction of sp³-hybridized carbons (Fsp3) is 0.583. The molecule has 102 valence electrons. The molecule has 0 aliphatic heterocycles. The summed E-state index contributed by atoms with van der Waals surface area (Å²) in [5, 5.41) is 3.63. The van der Waals surface area contributed by atoms with Crippen LogP contribution in [0.5, 0.6) is 0 Å². The van der Waals surface area contributed by atoms with Crippen molar-refractivity contribution in [2.24, 2.45) is 0 Å². The van der Waals surface area contributed by atoms with E-state index >= 15 is 0 Å². The van der Waals surface area contributed by atoms with Crippen LogP contribution in [0.15, 0.2) is 6.07 Å². The van der Waals surface area contributed by atoms with Crippen molar-refractivity contribution in [2.75, 3.05) is 38.5 Å². The van der Waals surface area contributed by atoms with E-state index in [0.717, 1.165) is 17.8 Å². The van der Waals surface area contributed by atoms with Gasteiger partial charge in [-0.05, 0) is 19.4 Å². The second kappa shape index (κ2) is 7.41. The Kier molecular flexibility index (Phi) is 6.18. The molecule has 1 unspecified atom stereocenters. The summed E-state index contributed by atoms with van der Waals surface area (Å²) in [6.07, 6.45) is 0.822. The predicted molar refractivity (Wildman–Crippen MR) is 74.2 cm³/mol. The number of nitrogens with zero attached hydrogens (tertiary/aromatic N) is 1. The molecule has 0 aromatic carbocycles. The van der Waals surface area contributed by atoms with E-state index in [-0.39, 0.29) is 6.04 Å². The minimum absolute atomic E-state index is 0.120. The fourth-order valence-corrected chi connectivity index (χ4v) is 1.88. The van der Waals surface area contributed by atoms with Gasteiger partial charge < -0.3 is 20.5 Å². The third-order valence-electron chi connectivity index (χ3n) is 2.54. The van der Waals surface area contributed by atoms with E-state index in [4.69, 9.17) is 26.8 Å². The number of hydrogen-bond acceptors (Lipinski definition) is 5. The van der Waals surface area contributed by atoms with Crippen molar-refractivity contribution in [1.29, 1.82) is 0 Å². The smallest absolute Gasteiger partial charge is 0.154 e. The van der Waals surface area contributed by atoms with Gasteiger partial charge in [-0.15, -0.1) is 0 Å². The molecule has 0 saturated carbocycles. The molecule has 6 heteroatoms. The SMILES string of the molecule is COCCC(COC)Nc1cc(C)nc(Cl)c1N. The Hall–Kier alpha value is -1.04. The Labute approximate surface area is 113 Å². The van der Waals surface area contributed by atoms with Crippen molar-refractivity contribution in [3.8, 4) is 0 Å². The zero-order chi connectivity index (χ0) is 13.5. The first-order chi connectivity index (χ1) is 8.58. The molecule has 1 heterocycles. The van der Waals surface area contributed by atoms with Crippen LogP contribution in [0.4, 0.5) is 11.4 Å². The van der Waals surface area contributed by atoms with Crippen molar-refractivity contribution >= 4 is 23.0 Å². The van der Waals surface area contributed by atoms with Gasteiger partial charge in [0.25, 0.3) is 0 Å². The highest BCUT2D eigenvalue weighted by molar-refractivity contribution is 6.32. The summed E-state index contributed by atoms with van der Waals surface area (Å²) in [4.78, 5) is 4.09. The van der Waals surface area contributed by atoms with Gasteiger partial charge in [-0.25, -0.2) is 4.98 Å². The van der Waals surface area contributed by atoms with Crippen molar-refractivity contribution < 1.29 is 9.47 Å². The minimum atomic E-state index is 0.120. The summed E-state index contributed by atoms with van der Waals surface area (Å²) >= 11 is 5.95. The normalized spacial score (nSPS) is 12.4. The number of anilines is 2. The molecule has 0 saturated heterocycles. The topological polar surface area (TPSA) is 69.4 Å². The quantitative estimate of drug-likeness (QED) is 0.745. The standard InChI is InChI=1S/C12H20ClN3O2/c1-8-6-10(11(14)12(13)15-8)16-9(7-18-3)4-5-17-2/h6,9H,4-5,7,14H2,1-3H3,(H,15,16). The number of methoxy groups -OCH3 is 2. The van der Waals surface area contributed by atoms with Crippen LogP contribution in [-0.2, 0) is 9.47 Å². The number of hydrogen-bond donors (Lipinski definition) is 2. The van der Waals surface area contributed by atoms with Gasteiger partial charge in [0, 0.05) is 26.5 Å². The summed E-state index contributed by atoms with van der Waals surface area (Å²) < 4.78 is 10.2. The second-order valence-corrected chi connectivity index (χ2v) is 4.45. The molecule has 5 nitrogen and oxygen atoms in total. The first kappa shape index (κ1) is 15.0. The fourth-order valence-electron chi connectivity index (χ4n) is 1.64. The van der Waals surface area contributed by atoms with Crippen LogP contribution in [0.1, 0.15) is 12.1 Å². The maximum absolute atomic E-state index is 5.95. The van der Waals surface area contributed by atoms with Gasteiger partial charge in [0.2, 0.25) is 0 Å². The maximum Gasteiger partial charge on any atom is 0.154 e. The van der Waals surface area contributed by atoms with Crippen LogP contribution in [0.2, 0.25) is 5.15 Å². The van der Waals surface area contributed by atoms with Crippen LogP contribution in [0.25, 0.3) is 0 Å². The number of nitrogens with one attached hydrogen (secondary N) is 1. The number of aromatic nitrogens is 1. The van der Waals surface area contributed by atoms with Gasteiger partial charge >= 0.3 is 0 Å². The molecule has 0 radical (unpaired) electrons. The highest BCUT2D eigenvalue weighted by Crippen LogP contribution is 2.27. The van der Waals surface area contributed by atoms with E-state index in [1.165, 1.54) is 0 Å². The van der Waals surface area contributed by atoms with Crippen molar-refractivity contribution in [1.82, 2.24) is 4.98 Å². The number of aryl methyl sites for hydroxylation is 1. The molecule has 0 bridgehead atoms. The Morgan fingerprint density at radius 1 is 1.44 bits per heavy atom. The predicted octanol–water partition coefficient (Wildman–Crippen LogP) is 2.09. The van der Waals surface area contributed by atoms with E-state index in [0.29, 0.717) is 24.1 Å². The van der Waals surface area contributed by atoms with Gasteiger partial charge in [0.1, 0.15) is 0 Å². The van der Waals surface area contributed by atoms with Crippen molar-refractivity contribution in [3.63, 3.8) is 0 Å². The van der Waals surface area contributed by atoms with Gasteiger partial charge in [-0.1, -0.05) is 11.6 Å². The molecular weight excluding hydrogens is 254 g/mol. The summed E-state index contributed by atoms with van der Waals surface area (Å²) in [7, 11) is 3.33. The van der Waals surface area contributed by atoms with E-state index in [1.54, 1.807) is 14.2 Å². The number of halogens is 1.